The molecule has 0 saturated carbocycles. The summed E-state index contributed by atoms with van der Waals surface area (Å²) in [6.07, 6.45) is 1.61. The van der Waals surface area contributed by atoms with Gasteiger partial charge in [-0.05, 0) is 32.4 Å². The van der Waals surface area contributed by atoms with Crippen LogP contribution in [-0.2, 0) is 11.3 Å². The molecule has 0 aliphatic carbocycles. The number of rotatable bonds is 4. The number of aromatic nitrogens is 2. The molecule has 5 heteroatoms. The number of fused-ring (bicyclic) bond motifs is 1. The number of alkyl carbamates (subject to hydrolysis) is 1. The van der Waals surface area contributed by atoms with E-state index < -0.39 is 6.09 Å². The Labute approximate surface area is 141 Å². The van der Waals surface area contributed by atoms with Gasteiger partial charge >= 0.3 is 6.09 Å². The van der Waals surface area contributed by atoms with Gasteiger partial charge in [0.1, 0.15) is 5.65 Å². The summed E-state index contributed by atoms with van der Waals surface area (Å²) >= 11 is 0. The van der Waals surface area contributed by atoms with Gasteiger partial charge in [0, 0.05) is 11.8 Å². The second-order valence-electron chi connectivity index (χ2n) is 5.78. The molecule has 5 nitrogen and oxygen atoms in total. The van der Waals surface area contributed by atoms with Gasteiger partial charge in [-0.25, -0.2) is 9.78 Å². The van der Waals surface area contributed by atoms with Crippen molar-refractivity contribution in [1.29, 1.82) is 0 Å². The SMILES string of the molecule is CCOC(=O)NCc1c(-c2ccc(C)cc2)nc2ccc(C)cn12. The Morgan fingerprint density at radius 1 is 1.12 bits per heavy atom. The molecule has 0 aliphatic heterocycles. The molecule has 1 amide bonds. The summed E-state index contributed by atoms with van der Waals surface area (Å²) in [7, 11) is 0. The standard InChI is InChI=1S/C19H21N3O2/c1-4-24-19(23)20-11-16-18(15-8-5-13(2)6-9-15)21-17-10-7-14(3)12-22(16)17/h5-10,12H,4,11H2,1-3H3,(H,20,23). The van der Waals surface area contributed by atoms with Crippen LogP contribution in [-0.4, -0.2) is 22.1 Å². The number of amides is 1. The Kier molecular flexibility index (Phi) is 4.51. The van der Waals surface area contributed by atoms with Gasteiger partial charge in [0.25, 0.3) is 0 Å². The number of hydrogen-bond donors (Lipinski definition) is 1. The minimum atomic E-state index is -0.421. The maximum Gasteiger partial charge on any atom is 0.407 e. The van der Waals surface area contributed by atoms with E-state index in [-0.39, 0.29) is 0 Å². The Hall–Kier alpha value is -2.82. The first kappa shape index (κ1) is 16.1. The van der Waals surface area contributed by atoms with Crippen LogP contribution in [0, 0.1) is 13.8 Å². The maximum atomic E-state index is 11.7. The molecule has 0 aliphatic rings. The predicted molar refractivity (Wildman–Crippen MR) is 94.0 cm³/mol. The smallest absolute Gasteiger partial charge is 0.407 e. The fourth-order valence-electron chi connectivity index (χ4n) is 2.65. The number of hydrogen-bond acceptors (Lipinski definition) is 3. The van der Waals surface area contributed by atoms with Gasteiger partial charge in [0.15, 0.2) is 0 Å². The van der Waals surface area contributed by atoms with E-state index in [1.807, 2.05) is 29.7 Å². The summed E-state index contributed by atoms with van der Waals surface area (Å²) in [5.41, 5.74) is 6.03. The van der Waals surface area contributed by atoms with Crippen LogP contribution in [0.25, 0.3) is 16.9 Å². The van der Waals surface area contributed by atoms with E-state index in [1.165, 1.54) is 5.56 Å². The molecule has 2 aromatic heterocycles. The number of ether oxygens (including phenoxy) is 1. The molecule has 0 bridgehead atoms. The van der Waals surface area contributed by atoms with Crippen molar-refractivity contribution in [3.8, 4) is 11.3 Å². The molecule has 0 saturated heterocycles. The van der Waals surface area contributed by atoms with Crippen LogP contribution in [0.3, 0.4) is 0 Å². The highest BCUT2D eigenvalue weighted by atomic mass is 16.5. The van der Waals surface area contributed by atoms with Crippen molar-refractivity contribution in [2.45, 2.75) is 27.3 Å². The average molecular weight is 323 g/mol. The summed E-state index contributed by atoms with van der Waals surface area (Å²) in [5.74, 6) is 0. The average Bonchev–Trinajstić information content (AvgIpc) is 2.91. The molecule has 0 spiro atoms. The lowest BCUT2D eigenvalue weighted by Gasteiger charge is -2.08. The first-order valence-electron chi connectivity index (χ1n) is 8.03. The monoisotopic (exact) mass is 323 g/mol. The third kappa shape index (κ3) is 3.25. The number of benzene rings is 1. The van der Waals surface area contributed by atoms with Crippen molar-refractivity contribution < 1.29 is 9.53 Å². The van der Waals surface area contributed by atoms with E-state index in [9.17, 15) is 4.79 Å². The Bertz CT molecular complexity index is 866. The van der Waals surface area contributed by atoms with E-state index in [0.29, 0.717) is 13.2 Å². The van der Waals surface area contributed by atoms with Crippen LogP contribution in [0.1, 0.15) is 23.7 Å². The summed E-state index contributed by atoms with van der Waals surface area (Å²) < 4.78 is 6.98. The van der Waals surface area contributed by atoms with Gasteiger partial charge in [0.05, 0.1) is 24.5 Å². The molecule has 124 valence electrons. The van der Waals surface area contributed by atoms with Gasteiger partial charge in [0.2, 0.25) is 0 Å². The first-order valence-corrected chi connectivity index (χ1v) is 8.03. The quantitative estimate of drug-likeness (QED) is 0.793. The molecule has 2 heterocycles. The van der Waals surface area contributed by atoms with Crippen molar-refractivity contribution in [3.05, 3.63) is 59.4 Å². The van der Waals surface area contributed by atoms with Crippen LogP contribution >= 0.6 is 0 Å². The Morgan fingerprint density at radius 3 is 2.54 bits per heavy atom. The molecule has 0 fully saturated rings. The summed E-state index contributed by atoms with van der Waals surface area (Å²) in [6, 6.07) is 12.3. The lowest BCUT2D eigenvalue weighted by Crippen LogP contribution is -2.24. The molecule has 1 N–H and O–H groups in total. The molecule has 0 radical (unpaired) electrons. The lowest BCUT2D eigenvalue weighted by molar-refractivity contribution is 0.151. The van der Waals surface area contributed by atoms with Crippen molar-refractivity contribution in [1.82, 2.24) is 14.7 Å². The largest absolute Gasteiger partial charge is 0.450 e. The van der Waals surface area contributed by atoms with Crippen LogP contribution < -0.4 is 5.32 Å². The molecule has 3 aromatic rings. The zero-order valence-electron chi connectivity index (χ0n) is 14.2. The highest BCUT2D eigenvalue weighted by Crippen LogP contribution is 2.25. The Morgan fingerprint density at radius 2 is 1.83 bits per heavy atom. The maximum absolute atomic E-state index is 11.7. The van der Waals surface area contributed by atoms with Gasteiger partial charge in [-0.3, -0.25) is 0 Å². The molecular weight excluding hydrogens is 302 g/mol. The fourth-order valence-corrected chi connectivity index (χ4v) is 2.65. The van der Waals surface area contributed by atoms with Gasteiger partial charge < -0.3 is 14.5 Å². The van der Waals surface area contributed by atoms with Crippen LogP contribution in [0.5, 0.6) is 0 Å². The highest BCUT2D eigenvalue weighted by Gasteiger charge is 2.15. The highest BCUT2D eigenvalue weighted by molar-refractivity contribution is 5.70. The first-order chi connectivity index (χ1) is 11.6. The zero-order chi connectivity index (χ0) is 17.1. The van der Waals surface area contributed by atoms with E-state index in [1.54, 1.807) is 6.92 Å². The van der Waals surface area contributed by atoms with E-state index in [4.69, 9.17) is 9.72 Å². The Balaban J connectivity index is 2.05. The molecular formula is C19H21N3O2. The minimum absolute atomic E-state index is 0.350. The van der Waals surface area contributed by atoms with Gasteiger partial charge in [-0.15, -0.1) is 0 Å². The van der Waals surface area contributed by atoms with Crippen molar-refractivity contribution >= 4 is 11.7 Å². The van der Waals surface area contributed by atoms with Crippen LogP contribution in [0.4, 0.5) is 4.79 Å². The summed E-state index contributed by atoms with van der Waals surface area (Å²) in [6.45, 7) is 6.58. The minimum Gasteiger partial charge on any atom is -0.450 e. The molecule has 1 aromatic carbocycles. The molecule has 24 heavy (non-hydrogen) atoms. The second-order valence-corrected chi connectivity index (χ2v) is 5.78. The number of nitrogens with one attached hydrogen (secondary N) is 1. The third-order valence-electron chi connectivity index (χ3n) is 3.87. The predicted octanol–water partition coefficient (Wildman–Crippen LogP) is 3.86. The van der Waals surface area contributed by atoms with Crippen molar-refractivity contribution in [2.75, 3.05) is 6.61 Å². The van der Waals surface area contributed by atoms with Gasteiger partial charge in [-0.2, -0.15) is 0 Å². The van der Waals surface area contributed by atoms with Crippen LogP contribution in [0.2, 0.25) is 0 Å². The number of carbonyl (C=O) groups excluding carboxylic acids is 1. The van der Waals surface area contributed by atoms with Crippen LogP contribution in [0.15, 0.2) is 42.6 Å². The van der Waals surface area contributed by atoms with E-state index >= 15 is 0 Å². The summed E-state index contributed by atoms with van der Waals surface area (Å²) in [5, 5.41) is 2.80. The number of nitrogens with zero attached hydrogens (tertiary/aromatic N) is 2. The number of pyridine rings is 1. The molecule has 3 rings (SSSR count). The topological polar surface area (TPSA) is 55.6 Å². The van der Waals surface area contributed by atoms with Gasteiger partial charge in [-0.1, -0.05) is 35.9 Å². The third-order valence-corrected chi connectivity index (χ3v) is 3.87. The molecule has 0 atom stereocenters. The van der Waals surface area contributed by atoms with E-state index in [2.05, 4.69) is 36.5 Å². The van der Waals surface area contributed by atoms with Crippen molar-refractivity contribution in [3.63, 3.8) is 0 Å². The fraction of sp³-hybridized carbons (Fsp3) is 0.263. The normalized spacial score (nSPS) is 10.8. The number of imidazole rings is 1. The lowest BCUT2D eigenvalue weighted by atomic mass is 10.1. The van der Waals surface area contributed by atoms with E-state index in [0.717, 1.165) is 28.2 Å². The zero-order valence-corrected chi connectivity index (χ0v) is 14.2. The number of aryl methyl sites for hydroxylation is 2. The van der Waals surface area contributed by atoms with Crippen molar-refractivity contribution in [2.24, 2.45) is 0 Å². The second kappa shape index (κ2) is 6.74. The summed E-state index contributed by atoms with van der Waals surface area (Å²) in [4.78, 5) is 16.4. The number of carbonyl (C=O) groups is 1. The molecule has 0 unspecified atom stereocenters.